The number of carbonyl (C=O) groups excluding carboxylic acids is 1. The second kappa shape index (κ2) is 10.2. The molecule has 28 heavy (non-hydrogen) atoms. The van der Waals surface area contributed by atoms with Crippen LogP contribution < -0.4 is 10.1 Å². The first kappa shape index (κ1) is 20.3. The molecule has 6 heteroatoms. The standard InChI is InChI=1S/C22H28FN3O2/c1-28-21-8-4-19(5-9-21)16-25-12-14-26(15-13-25)17-22(27)24-11-10-18-2-6-20(23)7-3-18/h2-9H,10-17H2,1H3,(H,24,27). The van der Waals surface area contributed by atoms with E-state index in [4.69, 9.17) is 4.74 Å². The summed E-state index contributed by atoms with van der Waals surface area (Å²) >= 11 is 0. The maximum atomic E-state index is 12.9. The maximum absolute atomic E-state index is 12.9. The summed E-state index contributed by atoms with van der Waals surface area (Å²) in [7, 11) is 1.67. The van der Waals surface area contributed by atoms with E-state index in [9.17, 15) is 9.18 Å². The number of rotatable bonds is 8. The van der Waals surface area contributed by atoms with E-state index in [1.807, 2.05) is 12.1 Å². The van der Waals surface area contributed by atoms with E-state index in [1.165, 1.54) is 17.7 Å². The minimum Gasteiger partial charge on any atom is -0.497 e. The summed E-state index contributed by atoms with van der Waals surface area (Å²) in [5, 5.41) is 2.96. The van der Waals surface area contributed by atoms with Gasteiger partial charge in [0.1, 0.15) is 11.6 Å². The van der Waals surface area contributed by atoms with E-state index in [-0.39, 0.29) is 11.7 Å². The van der Waals surface area contributed by atoms with Crippen LogP contribution in [0.25, 0.3) is 0 Å². The first-order chi connectivity index (χ1) is 13.6. The Hall–Kier alpha value is -2.44. The number of benzene rings is 2. The average Bonchev–Trinajstić information content (AvgIpc) is 2.71. The molecule has 3 rings (SSSR count). The van der Waals surface area contributed by atoms with Crippen LogP contribution in [0, 0.1) is 5.82 Å². The van der Waals surface area contributed by atoms with Gasteiger partial charge in [-0.05, 0) is 41.8 Å². The fourth-order valence-corrected chi connectivity index (χ4v) is 3.35. The topological polar surface area (TPSA) is 44.8 Å². The van der Waals surface area contributed by atoms with Crippen LogP contribution in [0.15, 0.2) is 48.5 Å². The molecule has 1 aliphatic heterocycles. The Kier molecular flexibility index (Phi) is 7.39. The Morgan fingerprint density at radius 1 is 0.964 bits per heavy atom. The quantitative estimate of drug-likeness (QED) is 0.758. The van der Waals surface area contributed by atoms with Crippen molar-refractivity contribution in [3.63, 3.8) is 0 Å². The van der Waals surface area contributed by atoms with Gasteiger partial charge in [0.2, 0.25) is 5.91 Å². The molecule has 1 N–H and O–H groups in total. The fraction of sp³-hybridized carbons (Fsp3) is 0.409. The zero-order valence-electron chi connectivity index (χ0n) is 16.4. The molecule has 1 heterocycles. The van der Waals surface area contributed by atoms with Gasteiger partial charge in [-0.25, -0.2) is 4.39 Å². The van der Waals surface area contributed by atoms with E-state index in [2.05, 4.69) is 27.2 Å². The van der Waals surface area contributed by atoms with Crippen molar-refractivity contribution in [3.05, 3.63) is 65.5 Å². The SMILES string of the molecule is COc1ccc(CN2CCN(CC(=O)NCCc3ccc(F)cc3)CC2)cc1. The molecule has 0 spiro atoms. The molecule has 0 bridgehead atoms. The normalized spacial score (nSPS) is 15.4. The van der Waals surface area contributed by atoms with E-state index in [1.54, 1.807) is 19.2 Å². The summed E-state index contributed by atoms with van der Waals surface area (Å²) in [4.78, 5) is 16.7. The number of piperazine rings is 1. The van der Waals surface area contributed by atoms with Crippen LogP contribution in [-0.4, -0.2) is 62.1 Å². The highest BCUT2D eigenvalue weighted by molar-refractivity contribution is 5.78. The molecule has 1 fully saturated rings. The van der Waals surface area contributed by atoms with Crippen LogP contribution in [0.5, 0.6) is 5.75 Å². The highest BCUT2D eigenvalue weighted by atomic mass is 19.1. The first-order valence-electron chi connectivity index (χ1n) is 9.71. The third-order valence-corrected chi connectivity index (χ3v) is 5.05. The minimum atomic E-state index is -0.237. The summed E-state index contributed by atoms with van der Waals surface area (Å²) in [5.41, 5.74) is 2.29. The predicted octanol–water partition coefficient (Wildman–Crippen LogP) is 2.31. The van der Waals surface area contributed by atoms with E-state index in [0.717, 1.165) is 44.0 Å². The van der Waals surface area contributed by atoms with Gasteiger partial charge in [0.05, 0.1) is 13.7 Å². The number of methoxy groups -OCH3 is 1. The van der Waals surface area contributed by atoms with Gasteiger partial charge in [0, 0.05) is 39.3 Å². The Morgan fingerprint density at radius 2 is 1.57 bits per heavy atom. The molecule has 2 aromatic carbocycles. The van der Waals surface area contributed by atoms with Crippen molar-refractivity contribution >= 4 is 5.91 Å². The van der Waals surface area contributed by atoms with E-state index < -0.39 is 0 Å². The Balaban J connectivity index is 1.33. The molecule has 2 aromatic rings. The molecule has 0 aromatic heterocycles. The van der Waals surface area contributed by atoms with Crippen molar-refractivity contribution in [1.82, 2.24) is 15.1 Å². The minimum absolute atomic E-state index is 0.0470. The zero-order chi connectivity index (χ0) is 19.8. The fourth-order valence-electron chi connectivity index (χ4n) is 3.35. The van der Waals surface area contributed by atoms with Crippen molar-refractivity contribution in [2.75, 3.05) is 46.4 Å². The molecule has 1 saturated heterocycles. The Bertz CT molecular complexity index is 741. The lowest BCUT2D eigenvalue weighted by Gasteiger charge is -2.34. The maximum Gasteiger partial charge on any atom is 0.234 e. The van der Waals surface area contributed by atoms with Gasteiger partial charge >= 0.3 is 0 Å². The van der Waals surface area contributed by atoms with Crippen LogP contribution in [0.2, 0.25) is 0 Å². The molecule has 0 atom stereocenters. The van der Waals surface area contributed by atoms with Crippen molar-refractivity contribution < 1.29 is 13.9 Å². The van der Waals surface area contributed by atoms with Crippen LogP contribution in [0.1, 0.15) is 11.1 Å². The van der Waals surface area contributed by atoms with Crippen LogP contribution in [0.3, 0.4) is 0 Å². The molecule has 0 aliphatic carbocycles. The molecule has 0 radical (unpaired) electrons. The van der Waals surface area contributed by atoms with Gasteiger partial charge in [-0.2, -0.15) is 0 Å². The molecular formula is C22H28FN3O2. The highest BCUT2D eigenvalue weighted by Crippen LogP contribution is 2.14. The number of nitrogens with one attached hydrogen (secondary N) is 1. The van der Waals surface area contributed by atoms with Crippen molar-refractivity contribution in [2.45, 2.75) is 13.0 Å². The van der Waals surface area contributed by atoms with Crippen LogP contribution in [-0.2, 0) is 17.8 Å². The highest BCUT2D eigenvalue weighted by Gasteiger charge is 2.18. The van der Waals surface area contributed by atoms with Crippen molar-refractivity contribution in [2.24, 2.45) is 0 Å². The predicted molar refractivity (Wildman–Crippen MR) is 108 cm³/mol. The summed E-state index contributed by atoms with van der Waals surface area (Å²) in [6.45, 7) is 5.61. The Labute approximate surface area is 166 Å². The lowest BCUT2D eigenvalue weighted by atomic mass is 10.1. The molecule has 1 amide bonds. The summed E-state index contributed by atoms with van der Waals surface area (Å²) in [6.07, 6.45) is 0.710. The number of amides is 1. The zero-order valence-corrected chi connectivity index (χ0v) is 16.4. The number of hydrogen-bond acceptors (Lipinski definition) is 4. The number of hydrogen-bond donors (Lipinski definition) is 1. The van der Waals surface area contributed by atoms with Gasteiger partial charge < -0.3 is 10.1 Å². The summed E-state index contributed by atoms with van der Waals surface area (Å²) in [5.74, 6) is 0.684. The second-order valence-corrected chi connectivity index (χ2v) is 7.13. The summed E-state index contributed by atoms with van der Waals surface area (Å²) < 4.78 is 18.1. The molecule has 0 saturated carbocycles. The molecule has 1 aliphatic rings. The lowest BCUT2D eigenvalue weighted by Crippen LogP contribution is -2.49. The lowest BCUT2D eigenvalue weighted by molar-refractivity contribution is -0.122. The molecular weight excluding hydrogens is 357 g/mol. The third kappa shape index (κ3) is 6.32. The third-order valence-electron chi connectivity index (χ3n) is 5.05. The number of nitrogens with zero attached hydrogens (tertiary/aromatic N) is 2. The van der Waals surface area contributed by atoms with Crippen LogP contribution >= 0.6 is 0 Å². The molecule has 0 unspecified atom stereocenters. The smallest absolute Gasteiger partial charge is 0.234 e. The number of halogens is 1. The molecule has 5 nitrogen and oxygen atoms in total. The largest absolute Gasteiger partial charge is 0.497 e. The van der Waals surface area contributed by atoms with Crippen molar-refractivity contribution in [3.8, 4) is 5.75 Å². The Morgan fingerprint density at radius 3 is 2.21 bits per heavy atom. The molecule has 150 valence electrons. The first-order valence-corrected chi connectivity index (χ1v) is 9.71. The van der Waals surface area contributed by atoms with Gasteiger partial charge in [-0.1, -0.05) is 24.3 Å². The average molecular weight is 385 g/mol. The van der Waals surface area contributed by atoms with Crippen LogP contribution in [0.4, 0.5) is 4.39 Å². The second-order valence-electron chi connectivity index (χ2n) is 7.13. The van der Waals surface area contributed by atoms with Gasteiger partial charge in [0.15, 0.2) is 0 Å². The van der Waals surface area contributed by atoms with Gasteiger partial charge in [-0.15, -0.1) is 0 Å². The number of ether oxygens (including phenoxy) is 1. The number of carbonyl (C=O) groups is 1. The van der Waals surface area contributed by atoms with Gasteiger partial charge in [-0.3, -0.25) is 14.6 Å². The van der Waals surface area contributed by atoms with E-state index >= 15 is 0 Å². The van der Waals surface area contributed by atoms with Crippen molar-refractivity contribution in [1.29, 1.82) is 0 Å². The van der Waals surface area contributed by atoms with E-state index in [0.29, 0.717) is 19.5 Å². The summed E-state index contributed by atoms with van der Waals surface area (Å²) in [6, 6.07) is 14.6. The monoisotopic (exact) mass is 385 g/mol. The van der Waals surface area contributed by atoms with Gasteiger partial charge in [0.25, 0.3) is 0 Å².